The van der Waals surface area contributed by atoms with E-state index in [-0.39, 0.29) is 18.0 Å². The fourth-order valence-corrected chi connectivity index (χ4v) is 4.52. The lowest BCUT2D eigenvalue weighted by Crippen LogP contribution is -2.41. The van der Waals surface area contributed by atoms with Gasteiger partial charge in [0.05, 0.1) is 12.6 Å². The third-order valence-electron chi connectivity index (χ3n) is 5.62. The minimum Gasteiger partial charge on any atom is -0.481 e. The van der Waals surface area contributed by atoms with Crippen LogP contribution in [0, 0.1) is 0 Å². The molecule has 2 aromatic carbocycles. The van der Waals surface area contributed by atoms with Gasteiger partial charge in [-0.05, 0) is 49.9 Å². The van der Waals surface area contributed by atoms with E-state index in [0.29, 0.717) is 11.4 Å². The first-order chi connectivity index (χ1) is 15.2. The number of rotatable bonds is 7. The number of anilines is 2. The molecule has 1 amide bonds. The number of para-hydroxylation sites is 1. The first-order valence-electron chi connectivity index (χ1n) is 10.6. The Hall–Kier alpha value is -2.93. The molecule has 1 saturated carbocycles. The van der Waals surface area contributed by atoms with E-state index in [0.717, 1.165) is 48.0 Å². The smallest absolute Gasteiger partial charge is 0.251 e. The van der Waals surface area contributed by atoms with Crippen molar-refractivity contribution in [1.29, 1.82) is 0 Å². The van der Waals surface area contributed by atoms with Gasteiger partial charge >= 0.3 is 0 Å². The molecule has 1 heterocycles. The third-order valence-corrected chi connectivity index (χ3v) is 6.06. The van der Waals surface area contributed by atoms with Gasteiger partial charge in [-0.1, -0.05) is 36.2 Å². The van der Waals surface area contributed by atoms with Crippen LogP contribution in [-0.2, 0) is 0 Å². The molecule has 0 spiro atoms. The highest BCUT2D eigenvalue weighted by Gasteiger charge is 2.24. The maximum atomic E-state index is 12.8. The molecule has 3 aromatic rings. The number of hydrogen-bond donors (Lipinski definition) is 3. The SMILES string of the molecule is COc1cc(N[C@H]2CCC[C@@H](NC(=O)c3cccc(NSC)c3)C2)c2ccccc2n1. The molecular formula is C24H28N4O2S. The summed E-state index contributed by atoms with van der Waals surface area (Å²) in [4.78, 5) is 17.3. The Labute approximate surface area is 187 Å². The van der Waals surface area contributed by atoms with E-state index in [9.17, 15) is 4.79 Å². The zero-order valence-corrected chi connectivity index (χ0v) is 18.7. The van der Waals surface area contributed by atoms with Crippen LogP contribution in [0.4, 0.5) is 11.4 Å². The molecule has 0 saturated heterocycles. The third kappa shape index (κ3) is 5.22. The van der Waals surface area contributed by atoms with Crippen molar-refractivity contribution in [2.75, 3.05) is 23.4 Å². The highest BCUT2D eigenvalue weighted by Crippen LogP contribution is 2.30. The highest BCUT2D eigenvalue weighted by molar-refractivity contribution is 7.99. The maximum Gasteiger partial charge on any atom is 0.251 e. The summed E-state index contributed by atoms with van der Waals surface area (Å²) >= 11 is 1.51. The Morgan fingerprint density at radius 3 is 2.77 bits per heavy atom. The molecule has 1 fully saturated rings. The first-order valence-corrected chi connectivity index (χ1v) is 11.8. The molecule has 0 aliphatic heterocycles. The molecule has 31 heavy (non-hydrogen) atoms. The van der Waals surface area contributed by atoms with Gasteiger partial charge in [0, 0.05) is 46.7 Å². The number of nitrogens with one attached hydrogen (secondary N) is 3. The normalized spacial score (nSPS) is 18.4. The van der Waals surface area contributed by atoms with Crippen molar-refractivity contribution in [3.63, 3.8) is 0 Å². The lowest BCUT2D eigenvalue weighted by Gasteiger charge is -2.31. The zero-order chi connectivity index (χ0) is 21.6. The summed E-state index contributed by atoms with van der Waals surface area (Å²) in [5, 5.41) is 7.99. The second kappa shape index (κ2) is 9.92. The van der Waals surface area contributed by atoms with Crippen LogP contribution in [0.25, 0.3) is 10.9 Å². The molecule has 162 valence electrons. The number of carbonyl (C=O) groups is 1. The predicted octanol–water partition coefficient (Wildman–Crippen LogP) is 5.09. The number of ether oxygens (including phenoxy) is 1. The number of fused-ring (bicyclic) bond motifs is 1. The minimum absolute atomic E-state index is 0.0218. The Bertz CT molecular complexity index is 1060. The average molecular weight is 437 g/mol. The Balaban J connectivity index is 1.44. The molecule has 1 aliphatic rings. The van der Waals surface area contributed by atoms with Gasteiger partial charge in [-0.15, -0.1) is 0 Å². The van der Waals surface area contributed by atoms with Crippen LogP contribution >= 0.6 is 11.9 Å². The van der Waals surface area contributed by atoms with E-state index in [2.05, 4.69) is 26.4 Å². The second-order valence-electron chi connectivity index (χ2n) is 7.79. The van der Waals surface area contributed by atoms with Crippen molar-refractivity contribution in [2.45, 2.75) is 37.8 Å². The van der Waals surface area contributed by atoms with Gasteiger partial charge in [-0.3, -0.25) is 4.79 Å². The molecule has 3 N–H and O–H groups in total. The largest absolute Gasteiger partial charge is 0.481 e. The minimum atomic E-state index is -0.0218. The van der Waals surface area contributed by atoms with E-state index in [4.69, 9.17) is 4.74 Å². The summed E-state index contributed by atoms with van der Waals surface area (Å²) in [7, 11) is 1.64. The summed E-state index contributed by atoms with van der Waals surface area (Å²) in [5.41, 5.74) is 3.54. The van der Waals surface area contributed by atoms with Crippen LogP contribution in [-0.4, -0.2) is 36.3 Å². The molecule has 1 aromatic heterocycles. The molecule has 0 radical (unpaired) electrons. The number of pyridine rings is 1. The van der Waals surface area contributed by atoms with Crippen LogP contribution in [0.1, 0.15) is 36.0 Å². The standard InChI is InChI=1S/C24H28N4O2S/c1-30-23-15-22(20-11-3-4-12-21(20)27-23)25-17-8-6-9-18(14-17)26-24(29)16-7-5-10-19(13-16)28-31-2/h3-5,7,10-13,15,17-18,28H,6,8-9,14H2,1-2H3,(H,25,27)(H,26,29)/t17-,18+/m0/s1. The lowest BCUT2D eigenvalue weighted by molar-refractivity contribution is 0.0926. The number of nitrogens with zero attached hydrogens (tertiary/aromatic N) is 1. The van der Waals surface area contributed by atoms with Crippen LogP contribution in [0.5, 0.6) is 5.88 Å². The molecule has 7 heteroatoms. The summed E-state index contributed by atoms with van der Waals surface area (Å²) in [6.07, 6.45) is 5.97. The molecule has 6 nitrogen and oxygen atoms in total. The van der Waals surface area contributed by atoms with Crippen molar-refractivity contribution < 1.29 is 9.53 Å². The van der Waals surface area contributed by atoms with Crippen molar-refractivity contribution in [2.24, 2.45) is 0 Å². The number of methoxy groups -OCH3 is 1. The van der Waals surface area contributed by atoms with Crippen LogP contribution in [0.2, 0.25) is 0 Å². The molecular weight excluding hydrogens is 408 g/mol. The van der Waals surface area contributed by atoms with E-state index >= 15 is 0 Å². The van der Waals surface area contributed by atoms with Crippen molar-refractivity contribution in [3.05, 3.63) is 60.2 Å². The molecule has 1 aliphatic carbocycles. The van der Waals surface area contributed by atoms with Gasteiger partial charge in [0.15, 0.2) is 0 Å². The van der Waals surface area contributed by atoms with Crippen molar-refractivity contribution in [3.8, 4) is 5.88 Å². The Morgan fingerprint density at radius 2 is 1.94 bits per heavy atom. The Kier molecular flexibility index (Phi) is 6.82. The number of amides is 1. The van der Waals surface area contributed by atoms with Crippen LogP contribution < -0.4 is 20.1 Å². The van der Waals surface area contributed by atoms with Gasteiger partial charge in [0.2, 0.25) is 5.88 Å². The first kappa shape index (κ1) is 21.3. The zero-order valence-electron chi connectivity index (χ0n) is 17.9. The highest BCUT2D eigenvalue weighted by atomic mass is 32.2. The topological polar surface area (TPSA) is 75.3 Å². The fraction of sp³-hybridized carbons (Fsp3) is 0.333. The second-order valence-corrected chi connectivity index (χ2v) is 8.41. The van der Waals surface area contributed by atoms with Crippen molar-refractivity contribution in [1.82, 2.24) is 10.3 Å². The van der Waals surface area contributed by atoms with Gasteiger partial charge < -0.3 is 20.1 Å². The van der Waals surface area contributed by atoms with Crippen LogP contribution in [0.15, 0.2) is 54.6 Å². The molecule has 4 rings (SSSR count). The van der Waals surface area contributed by atoms with Gasteiger partial charge in [0.1, 0.15) is 0 Å². The molecule has 0 unspecified atom stereocenters. The maximum absolute atomic E-state index is 12.8. The van der Waals surface area contributed by atoms with Gasteiger partial charge in [0.25, 0.3) is 5.91 Å². The van der Waals surface area contributed by atoms with E-state index in [1.807, 2.05) is 54.8 Å². The molecule has 0 bridgehead atoms. The van der Waals surface area contributed by atoms with Gasteiger partial charge in [-0.2, -0.15) is 0 Å². The average Bonchev–Trinajstić information content (AvgIpc) is 2.79. The van der Waals surface area contributed by atoms with Crippen LogP contribution in [0.3, 0.4) is 0 Å². The fourth-order valence-electron chi connectivity index (χ4n) is 4.16. The monoisotopic (exact) mass is 436 g/mol. The summed E-state index contributed by atoms with van der Waals surface area (Å²) in [6, 6.07) is 18.0. The predicted molar refractivity (Wildman–Crippen MR) is 129 cm³/mol. The number of hydrogen-bond acceptors (Lipinski definition) is 6. The quantitative estimate of drug-likeness (QED) is 0.448. The summed E-state index contributed by atoms with van der Waals surface area (Å²) in [6.45, 7) is 0. The summed E-state index contributed by atoms with van der Waals surface area (Å²) in [5.74, 6) is 0.576. The number of carbonyl (C=O) groups excluding carboxylic acids is 1. The van der Waals surface area contributed by atoms with E-state index in [1.165, 1.54) is 11.9 Å². The summed E-state index contributed by atoms with van der Waals surface area (Å²) < 4.78 is 8.56. The van der Waals surface area contributed by atoms with Crippen molar-refractivity contribution >= 4 is 40.1 Å². The van der Waals surface area contributed by atoms with E-state index in [1.54, 1.807) is 7.11 Å². The van der Waals surface area contributed by atoms with E-state index < -0.39 is 0 Å². The molecule has 2 atom stereocenters. The van der Waals surface area contributed by atoms with Gasteiger partial charge in [-0.25, -0.2) is 4.98 Å². The Morgan fingerprint density at radius 1 is 1.10 bits per heavy atom. The number of aromatic nitrogens is 1. The number of benzene rings is 2. The lowest BCUT2D eigenvalue weighted by atomic mass is 9.90.